The monoisotopic (exact) mass is 251 g/mol. The van der Waals surface area contributed by atoms with Crippen molar-refractivity contribution in [2.45, 2.75) is 46.0 Å². The van der Waals surface area contributed by atoms with E-state index in [2.05, 4.69) is 29.1 Å². The summed E-state index contributed by atoms with van der Waals surface area (Å²) in [5, 5.41) is 3.22. The van der Waals surface area contributed by atoms with Gasteiger partial charge in [0.05, 0.1) is 7.11 Å². The molecule has 4 heteroatoms. The van der Waals surface area contributed by atoms with Crippen LogP contribution in [-0.2, 0) is 0 Å². The van der Waals surface area contributed by atoms with Crippen molar-refractivity contribution in [3.05, 3.63) is 12.3 Å². The number of ether oxygens (including phenoxy) is 1. The molecule has 4 nitrogen and oxygen atoms in total. The van der Waals surface area contributed by atoms with Gasteiger partial charge in [0.25, 0.3) is 0 Å². The van der Waals surface area contributed by atoms with Gasteiger partial charge in [-0.25, -0.2) is 4.98 Å². The molecule has 0 bridgehead atoms. The number of nitrogens with zero attached hydrogens (tertiary/aromatic N) is 2. The summed E-state index contributed by atoms with van der Waals surface area (Å²) in [6, 6.07) is 1.75. The molecule has 1 heterocycles. The van der Waals surface area contributed by atoms with Gasteiger partial charge in [-0.05, 0) is 12.3 Å². The van der Waals surface area contributed by atoms with E-state index in [1.807, 2.05) is 0 Å². The van der Waals surface area contributed by atoms with E-state index in [1.165, 1.54) is 32.1 Å². The standard InChI is InChI=1S/C14H25N3O/c1-12(2)8-6-4-5-7-10-15-14-16-11-9-13(17-14)18-3/h9,11-12H,4-8,10H2,1-3H3,(H,15,16,17). The van der Waals surface area contributed by atoms with Crippen LogP contribution in [0.4, 0.5) is 5.95 Å². The van der Waals surface area contributed by atoms with Gasteiger partial charge < -0.3 is 10.1 Å². The largest absolute Gasteiger partial charge is 0.481 e. The van der Waals surface area contributed by atoms with Crippen LogP contribution in [0.2, 0.25) is 0 Å². The van der Waals surface area contributed by atoms with Gasteiger partial charge in [0.2, 0.25) is 11.8 Å². The fraction of sp³-hybridized carbons (Fsp3) is 0.714. The van der Waals surface area contributed by atoms with E-state index in [0.29, 0.717) is 11.8 Å². The molecule has 1 aromatic heterocycles. The van der Waals surface area contributed by atoms with Crippen molar-refractivity contribution in [3.8, 4) is 5.88 Å². The van der Waals surface area contributed by atoms with Crippen molar-refractivity contribution in [1.29, 1.82) is 0 Å². The Balaban J connectivity index is 2.06. The van der Waals surface area contributed by atoms with E-state index in [-0.39, 0.29) is 0 Å². The minimum atomic E-state index is 0.601. The summed E-state index contributed by atoms with van der Waals surface area (Å²) in [6.07, 6.45) is 8.14. The Morgan fingerprint density at radius 1 is 1.22 bits per heavy atom. The Bertz CT molecular complexity index is 329. The van der Waals surface area contributed by atoms with Crippen LogP contribution in [0.25, 0.3) is 0 Å². The summed E-state index contributed by atoms with van der Waals surface area (Å²) in [4.78, 5) is 8.35. The first-order valence-corrected chi connectivity index (χ1v) is 6.83. The normalized spacial score (nSPS) is 10.7. The zero-order chi connectivity index (χ0) is 13.2. The van der Waals surface area contributed by atoms with Gasteiger partial charge in [-0.1, -0.05) is 39.5 Å². The molecule has 0 amide bonds. The Morgan fingerprint density at radius 2 is 2.00 bits per heavy atom. The van der Waals surface area contributed by atoms with Crippen LogP contribution in [-0.4, -0.2) is 23.6 Å². The molecule has 1 aromatic rings. The molecule has 0 aromatic carbocycles. The van der Waals surface area contributed by atoms with Crippen LogP contribution in [0.5, 0.6) is 5.88 Å². The Kier molecular flexibility index (Phi) is 7.14. The summed E-state index contributed by atoms with van der Waals surface area (Å²) in [7, 11) is 1.61. The number of hydrogen-bond donors (Lipinski definition) is 1. The molecule has 0 atom stereocenters. The van der Waals surface area contributed by atoms with Gasteiger partial charge in [-0.3, -0.25) is 0 Å². The highest BCUT2D eigenvalue weighted by Crippen LogP contribution is 2.10. The van der Waals surface area contributed by atoms with Gasteiger partial charge in [0.15, 0.2) is 0 Å². The third-order valence-corrected chi connectivity index (χ3v) is 2.83. The number of rotatable bonds is 9. The molecule has 1 rings (SSSR count). The SMILES string of the molecule is COc1ccnc(NCCCCCCC(C)C)n1. The van der Waals surface area contributed by atoms with Gasteiger partial charge >= 0.3 is 0 Å². The second-order valence-corrected chi connectivity index (χ2v) is 4.95. The van der Waals surface area contributed by atoms with E-state index in [1.54, 1.807) is 19.4 Å². The molecule has 0 radical (unpaired) electrons. The molecule has 0 fully saturated rings. The average molecular weight is 251 g/mol. The highest BCUT2D eigenvalue weighted by Gasteiger charge is 1.98. The van der Waals surface area contributed by atoms with Crippen molar-refractivity contribution >= 4 is 5.95 Å². The van der Waals surface area contributed by atoms with Crippen molar-refractivity contribution in [1.82, 2.24) is 9.97 Å². The molecule has 0 aliphatic carbocycles. The first-order chi connectivity index (χ1) is 8.72. The van der Waals surface area contributed by atoms with Crippen molar-refractivity contribution < 1.29 is 4.74 Å². The van der Waals surface area contributed by atoms with Gasteiger partial charge in [0.1, 0.15) is 0 Å². The van der Waals surface area contributed by atoms with Crippen molar-refractivity contribution in [2.75, 3.05) is 19.0 Å². The molecule has 0 aliphatic heterocycles. The van der Waals surface area contributed by atoms with Gasteiger partial charge in [-0.2, -0.15) is 4.98 Å². The molecule has 102 valence electrons. The van der Waals surface area contributed by atoms with Crippen LogP contribution in [0.3, 0.4) is 0 Å². The first kappa shape index (κ1) is 14.7. The zero-order valence-electron chi connectivity index (χ0n) is 11.8. The highest BCUT2D eigenvalue weighted by molar-refractivity contribution is 5.26. The minimum Gasteiger partial charge on any atom is -0.481 e. The number of unbranched alkanes of at least 4 members (excludes halogenated alkanes) is 3. The molecular weight excluding hydrogens is 226 g/mol. The van der Waals surface area contributed by atoms with E-state index in [4.69, 9.17) is 4.74 Å². The number of methoxy groups -OCH3 is 1. The minimum absolute atomic E-state index is 0.601. The number of aromatic nitrogens is 2. The maximum Gasteiger partial charge on any atom is 0.225 e. The lowest BCUT2D eigenvalue weighted by atomic mass is 10.0. The number of nitrogens with one attached hydrogen (secondary N) is 1. The van der Waals surface area contributed by atoms with E-state index in [9.17, 15) is 0 Å². The Morgan fingerprint density at radius 3 is 2.72 bits per heavy atom. The Labute approximate surface area is 110 Å². The number of anilines is 1. The second kappa shape index (κ2) is 8.72. The predicted octanol–water partition coefficient (Wildman–Crippen LogP) is 3.50. The smallest absolute Gasteiger partial charge is 0.225 e. The molecule has 0 spiro atoms. The maximum absolute atomic E-state index is 5.05. The van der Waals surface area contributed by atoms with Gasteiger partial charge in [-0.15, -0.1) is 0 Å². The highest BCUT2D eigenvalue weighted by atomic mass is 16.5. The van der Waals surface area contributed by atoms with Crippen molar-refractivity contribution in [2.24, 2.45) is 5.92 Å². The average Bonchev–Trinajstić information content (AvgIpc) is 2.37. The van der Waals surface area contributed by atoms with Crippen LogP contribution in [0.15, 0.2) is 12.3 Å². The quantitative estimate of drug-likeness (QED) is 0.682. The second-order valence-electron chi connectivity index (χ2n) is 4.95. The molecule has 18 heavy (non-hydrogen) atoms. The maximum atomic E-state index is 5.05. The third kappa shape index (κ3) is 6.42. The zero-order valence-corrected chi connectivity index (χ0v) is 11.8. The fourth-order valence-electron chi connectivity index (χ4n) is 1.77. The van der Waals surface area contributed by atoms with E-state index < -0.39 is 0 Å². The molecule has 1 N–H and O–H groups in total. The lowest BCUT2D eigenvalue weighted by Gasteiger charge is -2.06. The molecular formula is C14H25N3O. The van der Waals surface area contributed by atoms with Crippen molar-refractivity contribution in [3.63, 3.8) is 0 Å². The third-order valence-electron chi connectivity index (χ3n) is 2.83. The number of hydrogen-bond acceptors (Lipinski definition) is 4. The van der Waals surface area contributed by atoms with Crippen LogP contribution in [0, 0.1) is 5.92 Å². The fourth-order valence-corrected chi connectivity index (χ4v) is 1.77. The molecule has 0 aliphatic rings. The van der Waals surface area contributed by atoms with Crippen LogP contribution < -0.4 is 10.1 Å². The first-order valence-electron chi connectivity index (χ1n) is 6.83. The molecule has 0 unspecified atom stereocenters. The predicted molar refractivity (Wildman–Crippen MR) is 75.0 cm³/mol. The molecule has 0 saturated heterocycles. The summed E-state index contributed by atoms with van der Waals surface area (Å²) in [6.45, 7) is 5.48. The molecule has 0 saturated carbocycles. The van der Waals surface area contributed by atoms with E-state index in [0.717, 1.165) is 12.5 Å². The van der Waals surface area contributed by atoms with Crippen LogP contribution >= 0.6 is 0 Å². The lowest BCUT2D eigenvalue weighted by molar-refractivity contribution is 0.397. The van der Waals surface area contributed by atoms with E-state index >= 15 is 0 Å². The topological polar surface area (TPSA) is 47.0 Å². The Hall–Kier alpha value is -1.32. The van der Waals surface area contributed by atoms with Gasteiger partial charge in [0, 0.05) is 18.8 Å². The summed E-state index contributed by atoms with van der Waals surface area (Å²) < 4.78 is 5.05. The summed E-state index contributed by atoms with van der Waals surface area (Å²) in [5.74, 6) is 2.08. The van der Waals surface area contributed by atoms with Crippen LogP contribution in [0.1, 0.15) is 46.0 Å². The summed E-state index contributed by atoms with van der Waals surface area (Å²) in [5.41, 5.74) is 0. The summed E-state index contributed by atoms with van der Waals surface area (Å²) >= 11 is 0. The lowest BCUT2D eigenvalue weighted by Crippen LogP contribution is -2.05.